The standard InChI is InChI=1S/C30H36N6O/c1-34(2)24-16-17-35(18-24)22-10-12-23(13-11-22)36-19-27(28-29(31)32-20-33-30(28)36)21-8-14-26(15-9-21)37-25-6-4-3-5-7-25/h3-9,14-15,19-20,22-24H,10-13,16-18H2,1-2H3,(H2,31,32,33)/t22?,23?,24-/m1/s1. The van der Waals surface area contributed by atoms with Gasteiger partial charge in [-0.1, -0.05) is 30.3 Å². The number of nitrogens with two attached hydrogens (primary N) is 1. The van der Waals surface area contributed by atoms with Crippen LogP contribution < -0.4 is 10.5 Å². The van der Waals surface area contributed by atoms with E-state index in [1.807, 2.05) is 42.5 Å². The highest BCUT2D eigenvalue weighted by Gasteiger charge is 2.33. The monoisotopic (exact) mass is 496 g/mol. The lowest BCUT2D eigenvalue weighted by atomic mass is 9.90. The second-order valence-corrected chi connectivity index (χ2v) is 10.7. The Balaban J connectivity index is 1.22. The van der Waals surface area contributed by atoms with Crippen LogP contribution in [0.4, 0.5) is 5.82 Å². The van der Waals surface area contributed by atoms with E-state index in [1.165, 1.54) is 32.4 Å². The number of aromatic nitrogens is 3. The molecule has 1 saturated carbocycles. The maximum atomic E-state index is 6.41. The number of rotatable bonds is 6. The fourth-order valence-corrected chi connectivity index (χ4v) is 6.16. The van der Waals surface area contributed by atoms with E-state index in [0.717, 1.165) is 46.5 Å². The summed E-state index contributed by atoms with van der Waals surface area (Å²) in [6.07, 6.45) is 9.88. The number of anilines is 1. The minimum atomic E-state index is 0.426. The van der Waals surface area contributed by atoms with E-state index in [0.29, 0.717) is 23.9 Å². The first-order valence-corrected chi connectivity index (χ1v) is 13.4. The molecule has 2 aromatic carbocycles. The fraction of sp³-hybridized carbons (Fsp3) is 0.400. The summed E-state index contributed by atoms with van der Waals surface area (Å²) in [5, 5.41) is 0.940. The van der Waals surface area contributed by atoms with Gasteiger partial charge in [0.25, 0.3) is 0 Å². The van der Waals surface area contributed by atoms with Gasteiger partial charge in [-0.05, 0) is 76.0 Å². The van der Waals surface area contributed by atoms with Crippen LogP contribution in [0.25, 0.3) is 22.2 Å². The number of hydrogen-bond donors (Lipinski definition) is 1. The van der Waals surface area contributed by atoms with E-state index in [9.17, 15) is 0 Å². The summed E-state index contributed by atoms with van der Waals surface area (Å²) in [4.78, 5) is 14.1. The largest absolute Gasteiger partial charge is 0.457 e. The lowest BCUT2D eigenvalue weighted by molar-refractivity contribution is 0.156. The summed E-state index contributed by atoms with van der Waals surface area (Å²) in [5.41, 5.74) is 9.51. The Morgan fingerprint density at radius 1 is 0.865 bits per heavy atom. The van der Waals surface area contributed by atoms with Gasteiger partial charge in [-0.25, -0.2) is 9.97 Å². The molecule has 2 aliphatic rings. The Morgan fingerprint density at radius 2 is 1.57 bits per heavy atom. The Bertz CT molecular complexity index is 1340. The number of hydrogen-bond acceptors (Lipinski definition) is 6. The van der Waals surface area contributed by atoms with Crippen LogP contribution in [0.1, 0.15) is 38.1 Å². The molecule has 37 heavy (non-hydrogen) atoms. The van der Waals surface area contributed by atoms with Gasteiger partial charge < -0.3 is 19.9 Å². The van der Waals surface area contributed by atoms with E-state index in [2.05, 4.69) is 51.8 Å². The smallest absolute Gasteiger partial charge is 0.146 e. The zero-order chi connectivity index (χ0) is 25.4. The number of nitrogens with zero attached hydrogens (tertiary/aromatic N) is 5. The highest BCUT2D eigenvalue weighted by Crippen LogP contribution is 2.39. The molecular weight excluding hydrogens is 460 g/mol. The number of likely N-dealkylation sites (N-methyl/N-ethyl adjacent to an activating group) is 1. The maximum absolute atomic E-state index is 6.41. The molecule has 192 valence electrons. The van der Waals surface area contributed by atoms with E-state index < -0.39 is 0 Å². The first kappa shape index (κ1) is 23.9. The van der Waals surface area contributed by atoms with Crippen molar-refractivity contribution in [3.8, 4) is 22.6 Å². The van der Waals surface area contributed by atoms with E-state index >= 15 is 0 Å². The maximum Gasteiger partial charge on any atom is 0.146 e. The molecule has 2 fully saturated rings. The van der Waals surface area contributed by atoms with Gasteiger partial charge in [0.1, 0.15) is 29.3 Å². The summed E-state index contributed by atoms with van der Waals surface area (Å²) in [6.45, 7) is 2.43. The Morgan fingerprint density at radius 3 is 2.27 bits per heavy atom. The molecular formula is C30H36N6O. The highest BCUT2D eigenvalue weighted by molar-refractivity contribution is 6.00. The molecule has 2 aromatic heterocycles. The van der Waals surface area contributed by atoms with Gasteiger partial charge in [-0.15, -0.1) is 0 Å². The van der Waals surface area contributed by atoms with Crippen LogP contribution in [0.5, 0.6) is 11.5 Å². The van der Waals surface area contributed by atoms with Crippen molar-refractivity contribution in [1.82, 2.24) is 24.3 Å². The molecule has 0 amide bonds. The van der Waals surface area contributed by atoms with E-state index in [-0.39, 0.29) is 0 Å². The predicted octanol–water partition coefficient (Wildman–Crippen LogP) is 5.59. The molecule has 7 nitrogen and oxygen atoms in total. The third-order valence-corrected chi connectivity index (χ3v) is 8.28. The third kappa shape index (κ3) is 4.81. The van der Waals surface area contributed by atoms with Crippen LogP contribution in [0.2, 0.25) is 0 Å². The van der Waals surface area contributed by atoms with Crippen molar-refractivity contribution in [2.75, 3.05) is 32.9 Å². The second-order valence-electron chi connectivity index (χ2n) is 10.7. The Kier molecular flexibility index (Phi) is 6.57. The van der Waals surface area contributed by atoms with E-state index in [4.69, 9.17) is 15.5 Å². The quantitative estimate of drug-likeness (QED) is 0.375. The average molecular weight is 497 g/mol. The van der Waals surface area contributed by atoms with Crippen LogP contribution in [-0.4, -0.2) is 63.6 Å². The summed E-state index contributed by atoms with van der Waals surface area (Å²) in [7, 11) is 4.41. The first-order chi connectivity index (χ1) is 18.1. The lowest BCUT2D eigenvalue weighted by Crippen LogP contribution is -2.39. The number of nitrogen functional groups attached to an aromatic ring is 1. The van der Waals surface area contributed by atoms with Crippen molar-refractivity contribution in [1.29, 1.82) is 0 Å². The normalized spacial score (nSPS) is 22.6. The van der Waals surface area contributed by atoms with Gasteiger partial charge in [0, 0.05) is 43.0 Å². The lowest BCUT2D eigenvalue weighted by Gasteiger charge is -2.35. The molecule has 0 radical (unpaired) electrons. The van der Waals surface area contributed by atoms with Crippen LogP contribution in [0.3, 0.4) is 0 Å². The van der Waals surface area contributed by atoms with Gasteiger partial charge in [0.05, 0.1) is 5.39 Å². The summed E-state index contributed by atoms with van der Waals surface area (Å²) in [6, 6.07) is 19.9. The molecule has 1 aliphatic carbocycles. The van der Waals surface area contributed by atoms with Gasteiger partial charge >= 0.3 is 0 Å². The van der Waals surface area contributed by atoms with Crippen molar-refractivity contribution in [3.05, 3.63) is 67.1 Å². The summed E-state index contributed by atoms with van der Waals surface area (Å²) in [5.74, 6) is 2.16. The van der Waals surface area contributed by atoms with Gasteiger partial charge in [-0.3, -0.25) is 4.90 Å². The van der Waals surface area contributed by atoms with Crippen molar-refractivity contribution < 1.29 is 4.74 Å². The van der Waals surface area contributed by atoms with Crippen molar-refractivity contribution >= 4 is 16.9 Å². The van der Waals surface area contributed by atoms with E-state index in [1.54, 1.807) is 6.33 Å². The summed E-state index contributed by atoms with van der Waals surface area (Å²) < 4.78 is 8.35. The van der Waals surface area contributed by atoms with Gasteiger partial charge in [-0.2, -0.15) is 0 Å². The molecule has 1 aliphatic heterocycles. The number of fused-ring (bicyclic) bond motifs is 1. The molecule has 1 atom stereocenters. The number of benzene rings is 2. The van der Waals surface area contributed by atoms with Gasteiger partial charge in [0.15, 0.2) is 0 Å². The van der Waals surface area contributed by atoms with Gasteiger partial charge in [0.2, 0.25) is 0 Å². The minimum absolute atomic E-state index is 0.426. The molecule has 0 unspecified atom stereocenters. The molecule has 2 N–H and O–H groups in total. The fourth-order valence-electron chi connectivity index (χ4n) is 6.16. The Labute approximate surface area is 218 Å². The first-order valence-electron chi connectivity index (χ1n) is 13.4. The molecule has 0 bridgehead atoms. The van der Waals surface area contributed by atoms with Crippen molar-refractivity contribution in [2.45, 2.75) is 50.2 Å². The van der Waals surface area contributed by atoms with Crippen LogP contribution in [-0.2, 0) is 0 Å². The number of para-hydroxylation sites is 1. The number of ether oxygens (including phenoxy) is 1. The zero-order valence-corrected chi connectivity index (χ0v) is 21.8. The zero-order valence-electron chi connectivity index (χ0n) is 21.8. The van der Waals surface area contributed by atoms with Crippen LogP contribution in [0.15, 0.2) is 67.1 Å². The topological polar surface area (TPSA) is 72.4 Å². The highest BCUT2D eigenvalue weighted by atomic mass is 16.5. The second kappa shape index (κ2) is 10.1. The molecule has 0 spiro atoms. The minimum Gasteiger partial charge on any atom is -0.457 e. The van der Waals surface area contributed by atoms with Crippen molar-refractivity contribution in [2.24, 2.45) is 0 Å². The third-order valence-electron chi connectivity index (χ3n) is 8.28. The predicted molar refractivity (Wildman–Crippen MR) is 149 cm³/mol. The van der Waals surface area contributed by atoms with Crippen LogP contribution in [0, 0.1) is 0 Å². The molecule has 1 saturated heterocycles. The van der Waals surface area contributed by atoms with Crippen LogP contribution >= 0.6 is 0 Å². The molecule has 7 heteroatoms. The summed E-state index contributed by atoms with van der Waals surface area (Å²) >= 11 is 0. The molecule has 4 aromatic rings. The SMILES string of the molecule is CN(C)[C@@H]1CCN(C2CCC(n3cc(-c4ccc(Oc5ccccc5)cc4)c4c(N)ncnc43)CC2)C1. The van der Waals surface area contributed by atoms with Crippen molar-refractivity contribution in [3.63, 3.8) is 0 Å². The molecule has 3 heterocycles. The number of likely N-dealkylation sites (tertiary alicyclic amines) is 1. The molecule has 6 rings (SSSR count). The Hall–Kier alpha value is -3.42. The average Bonchev–Trinajstić information content (AvgIpc) is 3.57.